The van der Waals surface area contributed by atoms with Crippen LogP contribution >= 0.6 is 0 Å². The number of hydrogen-bond acceptors (Lipinski definition) is 2. The Morgan fingerprint density at radius 2 is 1.65 bits per heavy atom. The van der Waals surface area contributed by atoms with Crippen LogP contribution in [0.3, 0.4) is 0 Å². The summed E-state index contributed by atoms with van der Waals surface area (Å²) in [5, 5.41) is 6.72. The van der Waals surface area contributed by atoms with Gasteiger partial charge in [0.2, 0.25) is 0 Å². The second-order valence-corrected chi connectivity index (χ2v) is 3.97. The standard InChI is InChI=1S/C15H18N2/c1-2-16-12-13-7-6-10-15(11-13)17-14-8-4-3-5-9-14/h3-11,16-17H,2,12H2,1H3. The number of benzene rings is 2. The fourth-order valence-electron chi connectivity index (χ4n) is 1.72. The molecule has 0 amide bonds. The van der Waals surface area contributed by atoms with E-state index in [1.165, 1.54) is 5.56 Å². The lowest BCUT2D eigenvalue weighted by molar-refractivity contribution is 0.727. The molecular formula is C15H18N2. The van der Waals surface area contributed by atoms with Crippen LogP contribution in [0.4, 0.5) is 11.4 Å². The van der Waals surface area contributed by atoms with Crippen LogP contribution in [-0.4, -0.2) is 6.54 Å². The van der Waals surface area contributed by atoms with Gasteiger partial charge in [-0.3, -0.25) is 0 Å². The van der Waals surface area contributed by atoms with Crippen molar-refractivity contribution in [2.75, 3.05) is 11.9 Å². The first-order chi connectivity index (χ1) is 8.38. The highest BCUT2D eigenvalue weighted by molar-refractivity contribution is 5.59. The largest absolute Gasteiger partial charge is 0.356 e. The molecule has 2 aromatic carbocycles. The fourth-order valence-corrected chi connectivity index (χ4v) is 1.72. The molecular weight excluding hydrogens is 208 g/mol. The highest BCUT2D eigenvalue weighted by Gasteiger charge is 1.96. The van der Waals surface area contributed by atoms with Gasteiger partial charge in [0, 0.05) is 17.9 Å². The van der Waals surface area contributed by atoms with Crippen LogP contribution in [0.25, 0.3) is 0 Å². The van der Waals surface area contributed by atoms with E-state index in [9.17, 15) is 0 Å². The normalized spacial score (nSPS) is 10.2. The predicted molar refractivity (Wildman–Crippen MR) is 73.5 cm³/mol. The molecule has 0 spiro atoms. The van der Waals surface area contributed by atoms with Crippen LogP contribution in [0, 0.1) is 0 Å². The summed E-state index contributed by atoms with van der Waals surface area (Å²) < 4.78 is 0. The number of para-hydroxylation sites is 1. The Bertz CT molecular complexity index is 451. The van der Waals surface area contributed by atoms with Gasteiger partial charge in [0.05, 0.1) is 0 Å². The third-order valence-corrected chi connectivity index (χ3v) is 2.57. The maximum Gasteiger partial charge on any atom is 0.0387 e. The van der Waals surface area contributed by atoms with Crippen LogP contribution in [-0.2, 0) is 6.54 Å². The fraction of sp³-hybridized carbons (Fsp3) is 0.200. The van der Waals surface area contributed by atoms with Gasteiger partial charge in [0.1, 0.15) is 0 Å². The third-order valence-electron chi connectivity index (χ3n) is 2.57. The topological polar surface area (TPSA) is 24.1 Å². The van der Waals surface area contributed by atoms with E-state index in [0.29, 0.717) is 0 Å². The van der Waals surface area contributed by atoms with E-state index in [0.717, 1.165) is 24.5 Å². The summed E-state index contributed by atoms with van der Waals surface area (Å²) in [6, 6.07) is 18.7. The molecule has 2 nitrogen and oxygen atoms in total. The summed E-state index contributed by atoms with van der Waals surface area (Å²) in [7, 11) is 0. The van der Waals surface area contributed by atoms with Gasteiger partial charge in [0.25, 0.3) is 0 Å². The maximum absolute atomic E-state index is 3.39. The van der Waals surface area contributed by atoms with Crippen molar-refractivity contribution in [2.24, 2.45) is 0 Å². The second-order valence-electron chi connectivity index (χ2n) is 3.97. The highest BCUT2D eigenvalue weighted by Crippen LogP contribution is 2.17. The lowest BCUT2D eigenvalue weighted by Crippen LogP contribution is -2.11. The Morgan fingerprint density at radius 1 is 0.882 bits per heavy atom. The molecule has 0 aliphatic rings. The molecule has 0 heterocycles. The summed E-state index contributed by atoms with van der Waals surface area (Å²) in [6.45, 7) is 4.03. The SMILES string of the molecule is CCNCc1cccc(Nc2ccccc2)c1. The Balaban J connectivity index is 2.06. The van der Waals surface area contributed by atoms with Gasteiger partial charge < -0.3 is 10.6 Å². The molecule has 0 aliphatic carbocycles. The molecule has 0 aliphatic heterocycles. The predicted octanol–water partition coefficient (Wildman–Crippen LogP) is 3.54. The van der Waals surface area contributed by atoms with Crippen LogP contribution in [0.1, 0.15) is 12.5 Å². The van der Waals surface area contributed by atoms with Crippen molar-refractivity contribution >= 4 is 11.4 Å². The summed E-state index contributed by atoms with van der Waals surface area (Å²) in [6.07, 6.45) is 0. The zero-order chi connectivity index (χ0) is 11.9. The zero-order valence-corrected chi connectivity index (χ0v) is 10.1. The van der Waals surface area contributed by atoms with Crippen LogP contribution in [0.2, 0.25) is 0 Å². The van der Waals surface area contributed by atoms with Crippen molar-refractivity contribution in [1.82, 2.24) is 5.32 Å². The van der Waals surface area contributed by atoms with E-state index in [4.69, 9.17) is 0 Å². The van der Waals surface area contributed by atoms with Crippen LogP contribution < -0.4 is 10.6 Å². The second kappa shape index (κ2) is 6.06. The average Bonchev–Trinajstić information content (AvgIpc) is 2.38. The summed E-state index contributed by atoms with van der Waals surface area (Å²) >= 11 is 0. The molecule has 0 bridgehead atoms. The van der Waals surface area contributed by atoms with Crippen molar-refractivity contribution in [3.63, 3.8) is 0 Å². The smallest absolute Gasteiger partial charge is 0.0387 e. The van der Waals surface area contributed by atoms with E-state index in [1.807, 2.05) is 18.2 Å². The Labute approximate surface area is 103 Å². The molecule has 0 fully saturated rings. The molecule has 2 heteroatoms. The molecule has 2 aromatic rings. The Morgan fingerprint density at radius 3 is 2.41 bits per heavy atom. The van der Waals surface area contributed by atoms with Crippen LogP contribution in [0.5, 0.6) is 0 Å². The number of anilines is 2. The molecule has 0 saturated carbocycles. The number of hydrogen-bond donors (Lipinski definition) is 2. The summed E-state index contributed by atoms with van der Waals surface area (Å²) in [4.78, 5) is 0. The summed E-state index contributed by atoms with van der Waals surface area (Å²) in [5.74, 6) is 0. The zero-order valence-electron chi connectivity index (χ0n) is 10.1. The average molecular weight is 226 g/mol. The molecule has 17 heavy (non-hydrogen) atoms. The molecule has 0 radical (unpaired) electrons. The molecule has 0 aromatic heterocycles. The quantitative estimate of drug-likeness (QED) is 0.815. The van der Waals surface area contributed by atoms with Crippen molar-refractivity contribution < 1.29 is 0 Å². The first kappa shape index (κ1) is 11.7. The minimum atomic E-state index is 0.917. The highest BCUT2D eigenvalue weighted by atomic mass is 14.9. The minimum Gasteiger partial charge on any atom is -0.356 e. The Hall–Kier alpha value is -1.80. The van der Waals surface area contributed by atoms with Crippen LogP contribution in [0.15, 0.2) is 54.6 Å². The molecule has 2 N–H and O–H groups in total. The van der Waals surface area contributed by atoms with Crippen molar-refractivity contribution in [3.05, 3.63) is 60.2 Å². The molecule has 0 saturated heterocycles. The van der Waals surface area contributed by atoms with Gasteiger partial charge in [-0.25, -0.2) is 0 Å². The summed E-state index contributed by atoms with van der Waals surface area (Å²) in [5.41, 5.74) is 3.55. The lowest BCUT2D eigenvalue weighted by Gasteiger charge is -2.08. The maximum atomic E-state index is 3.39. The van der Waals surface area contributed by atoms with Crippen molar-refractivity contribution in [3.8, 4) is 0 Å². The van der Waals surface area contributed by atoms with Gasteiger partial charge in [-0.05, 0) is 36.4 Å². The first-order valence-corrected chi connectivity index (χ1v) is 6.00. The van der Waals surface area contributed by atoms with Gasteiger partial charge in [0.15, 0.2) is 0 Å². The van der Waals surface area contributed by atoms with E-state index in [-0.39, 0.29) is 0 Å². The van der Waals surface area contributed by atoms with Crippen molar-refractivity contribution in [1.29, 1.82) is 0 Å². The third kappa shape index (κ3) is 3.61. The van der Waals surface area contributed by atoms with E-state index < -0.39 is 0 Å². The first-order valence-electron chi connectivity index (χ1n) is 6.00. The Kier molecular flexibility index (Phi) is 4.17. The van der Waals surface area contributed by atoms with E-state index in [2.05, 4.69) is 54.0 Å². The molecule has 0 unspecified atom stereocenters. The minimum absolute atomic E-state index is 0.917. The van der Waals surface area contributed by atoms with E-state index in [1.54, 1.807) is 0 Å². The van der Waals surface area contributed by atoms with E-state index >= 15 is 0 Å². The molecule has 88 valence electrons. The van der Waals surface area contributed by atoms with Gasteiger partial charge >= 0.3 is 0 Å². The van der Waals surface area contributed by atoms with Crippen molar-refractivity contribution in [2.45, 2.75) is 13.5 Å². The molecule has 2 rings (SSSR count). The molecule has 0 atom stereocenters. The van der Waals surface area contributed by atoms with Gasteiger partial charge in [-0.1, -0.05) is 37.3 Å². The monoisotopic (exact) mass is 226 g/mol. The lowest BCUT2D eigenvalue weighted by atomic mass is 10.2. The number of rotatable bonds is 5. The van der Waals surface area contributed by atoms with Gasteiger partial charge in [-0.15, -0.1) is 0 Å². The van der Waals surface area contributed by atoms with Gasteiger partial charge in [-0.2, -0.15) is 0 Å². The number of nitrogens with one attached hydrogen (secondary N) is 2.